The highest BCUT2D eigenvalue weighted by Crippen LogP contribution is 2.11. The maximum atomic E-state index is 4.71. The van der Waals surface area contributed by atoms with Gasteiger partial charge in [-0.3, -0.25) is 4.90 Å². The smallest absolute Gasteiger partial charge is 0.137 e. The quantitative estimate of drug-likeness (QED) is 0.820. The molecule has 4 nitrogen and oxygen atoms in total. The Bertz CT molecular complexity index is 560. The van der Waals surface area contributed by atoms with Gasteiger partial charge in [0, 0.05) is 32.0 Å². The fourth-order valence-electron chi connectivity index (χ4n) is 2.72. The standard InChI is InChI=1S/C15H22N4/c1-13-4-5-15-16-14(12-19(15)10-13)11-18-7-3-6-17(2)8-9-18/h4-5,10,12H,3,6-9,11H2,1-2H3. The summed E-state index contributed by atoms with van der Waals surface area (Å²) in [6.45, 7) is 7.77. The first-order valence-corrected chi connectivity index (χ1v) is 7.06. The van der Waals surface area contributed by atoms with E-state index in [1.807, 2.05) is 0 Å². The average molecular weight is 258 g/mol. The molecule has 0 bridgehead atoms. The van der Waals surface area contributed by atoms with Crippen molar-refractivity contribution in [2.45, 2.75) is 19.9 Å². The molecule has 0 spiro atoms. The first-order valence-electron chi connectivity index (χ1n) is 7.06. The highest BCUT2D eigenvalue weighted by molar-refractivity contribution is 5.41. The molecule has 1 aliphatic rings. The maximum absolute atomic E-state index is 4.71. The van der Waals surface area contributed by atoms with Crippen LogP contribution < -0.4 is 0 Å². The highest BCUT2D eigenvalue weighted by atomic mass is 15.2. The van der Waals surface area contributed by atoms with Crippen molar-refractivity contribution >= 4 is 5.65 Å². The number of hydrogen-bond acceptors (Lipinski definition) is 3. The van der Waals surface area contributed by atoms with Crippen molar-refractivity contribution in [1.82, 2.24) is 19.2 Å². The number of aryl methyl sites for hydroxylation is 1. The van der Waals surface area contributed by atoms with E-state index in [9.17, 15) is 0 Å². The van der Waals surface area contributed by atoms with Crippen LogP contribution in [0.4, 0.5) is 0 Å². The van der Waals surface area contributed by atoms with Crippen LogP contribution >= 0.6 is 0 Å². The normalized spacial score (nSPS) is 18.8. The zero-order valence-electron chi connectivity index (χ0n) is 11.8. The summed E-state index contributed by atoms with van der Waals surface area (Å²) in [4.78, 5) is 9.63. The van der Waals surface area contributed by atoms with Crippen LogP contribution in [0.15, 0.2) is 24.5 Å². The van der Waals surface area contributed by atoms with Gasteiger partial charge in [-0.05, 0) is 45.1 Å². The van der Waals surface area contributed by atoms with Gasteiger partial charge in [0.05, 0.1) is 5.69 Å². The van der Waals surface area contributed by atoms with Crippen LogP contribution in [-0.2, 0) is 6.54 Å². The van der Waals surface area contributed by atoms with E-state index in [-0.39, 0.29) is 0 Å². The Hall–Kier alpha value is -1.39. The van der Waals surface area contributed by atoms with Gasteiger partial charge in [-0.2, -0.15) is 0 Å². The summed E-state index contributed by atoms with van der Waals surface area (Å²) in [5.41, 5.74) is 3.50. The van der Waals surface area contributed by atoms with E-state index in [0.29, 0.717) is 0 Å². The lowest BCUT2D eigenvalue weighted by atomic mass is 10.3. The summed E-state index contributed by atoms with van der Waals surface area (Å²) < 4.78 is 2.13. The summed E-state index contributed by atoms with van der Waals surface area (Å²) in [6, 6.07) is 4.21. The van der Waals surface area contributed by atoms with E-state index in [1.54, 1.807) is 0 Å². The largest absolute Gasteiger partial charge is 0.307 e. The van der Waals surface area contributed by atoms with Crippen LogP contribution in [0.2, 0.25) is 0 Å². The Morgan fingerprint density at radius 2 is 2.00 bits per heavy atom. The van der Waals surface area contributed by atoms with Gasteiger partial charge in [0.1, 0.15) is 5.65 Å². The molecule has 0 amide bonds. The molecule has 19 heavy (non-hydrogen) atoms. The van der Waals surface area contributed by atoms with E-state index >= 15 is 0 Å². The summed E-state index contributed by atoms with van der Waals surface area (Å²) in [6.07, 6.45) is 5.56. The van der Waals surface area contributed by atoms with Crippen molar-refractivity contribution in [2.75, 3.05) is 33.2 Å². The molecule has 102 valence electrons. The minimum Gasteiger partial charge on any atom is -0.307 e. The number of likely N-dealkylation sites (N-methyl/N-ethyl adjacent to an activating group) is 1. The first kappa shape index (κ1) is 12.6. The Kier molecular flexibility index (Phi) is 3.53. The molecular weight excluding hydrogens is 236 g/mol. The molecule has 0 aliphatic carbocycles. The first-order chi connectivity index (χ1) is 9.20. The lowest BCUT2D eigenvalue weighted by Gasteiger charge is -2.18. The third kappa shape index (κ3) is 2.96. The van der Waals surface area contributed by atoms with Gasteiger partial charge in [0.25, 0.3) is 0 Å². The lowest BCUT2D eigenvalue weighted by molar-refractivity contribution is 0.267. The summed E-state index contributed by atoms with van der Waals surface area (Å²) in [7, 11) is 2.21. The third-order valence-corrected chi connectivity index (χ3v) is 3.85. The fourth-order valence-corrected chi connectivity index (χ4v) is 2.72. The second-order valence-electron chi connectivity index (χ2n) is 5.64. The van der Waals surface area contributed by atoms with Crippen molar-refractivity contribution in [3.63, 3.8) is 0 Å². The molecule has 4 heteroatoms. The number of rotatable bonds is 2. The van der Waals surface area contributed by atoms with Crippen LogP contribution in [0, 0.1) is 6.92 Å². The number of fused-ring (bicyclic) bond motifs is 1. The Balaban J connectivity index is 1.73. The van der Waals surface area contributed by atoms with Gasteiger partial charge < -0.3 is 9.30 Å². The predicted molar refractivity (Wildman–Crippen MR) is 77.3 cm³/mol. The van der Waals surface area contributed by atoms with Crippen molar-refractivity contribution < 1.29 is 0 Å². The number of nitrogens with zero attached hydrogens (tertiary/aromatic N) is 4. The number of pyridine rings is 1. The SMILES string of the molecule is Cc1ccc2nc(CN3CCCN(C)CC3)cn2c1. The molecular formula is C15H22N4. The van der Waals surface area contributed by atoms with Crippen LogP contribution in [0.3, 0.4) is 0 Å². The second kappa shape index (κ2) is 5.31. The van der Waals surface area contributed by atoms with Crippen molar-refractivity contribution in [2.24, 2.45) is 0 Å². The highest BCUT2D eigenvalue weighted by Gasteiger charge is 2.13. The monoisotopic (exact) mass is 258 g/mol. The van der Waals surface area contributed by atoms with Crippen LogP contribution in [0.5, 0.6) is 0 Å². The molecule has 0 saturated carbocycles. The van der Waals surface area contributed by atoms with Gasteiger partial charge in [-0.25, -0.2) is 4.98 Å². The second-order valence-corrected chi connectivity index (χ2v) is 5.64. The topological polar surface area (TPSA) is 23.8 Å². The molecule has 0 N–H and O–H groups in total. The zero-order valence-corrected chi connectivity index (χ0v) is 11.8. The molecule has 3 rings (SSSR count). The van der Waals surface area contributed by atoms with Crippen molar-refractivity contribution in [1.29, 1.82) is 0 Å². The Morgan fingerprint density at radius 3 is 2.89 bits per heavy atom. The van der Waals surface area contributed by atoms with Crippen LogP contribution in [0.25, 0.3) is 5.65 Å². The van der Waals surface area contributed by atoms with Gasteiger partial charge in [0.15, 0.2) is 0 Å². The van der Waals surface area contributed by atoms with E-state index in [2.05, 4.69) is 52.7 Å². The minimum absolute atomic E-state index is 0.967. The number of hydrogen-bond donors (Lipinski definition) is 0. The number of imidazole rings is 1. The molecule has 0 radical (unpaired) electrons. The van der Waals surface area contributed by atoms with Gasteiger partial charge in [-0.15, -0.1) is 0 Å². The molecule has 2 aromatic rings. The van der Waals surface area contributed by atoms with E-state index < -0.39 is 0 Å². The Labute approximate surface area is 114 Å². The van der Waals surface area contributed by atoms with E-state index in [0.717, 1.165) is 25.3 Å². The minimum atomic E-state index is 0.967. The van der Waals surface area contributed by atoms with Crippen molar-refractivity contribution in [3.8, 4) is 0 Å². The maximum Gasteiger partial charge on any atom is 0.137 e. The van der Waals surface area contributed by atoms with E-state index in [4.69, 9.17) is 4.98 Å². The van der Waals surface area contributed by atoms with E-state index in [1.165, 1.54) is 30.8 Å². The predicted octanol–water partition coefficient (Wildman–Crippen LogP) is 1.78. The van der Waals surface area contributed by atoms with Crippen LogP contribution in [0.1, 0.15) is 17.7 Å². The molecule has 1 saturated heterocycles. The number of aromatic nitrogens is 2. The summed E-state index contributed by atoms with van der Waals surface area (Å²) in [5.74, 6) is 0. The van der Waals surface area contributed by atoms with Gasteiger partial charge in [-0.1, -0.05) is 6.07 Å². The summed E-state index contributed by atoms with van der Waals surface area (Å²) >= 11 is 0. The molecule has 0 atom stereocenters. The molecule has 3 heterocycles. The molecule has 1 aliphatic heterocycles. The van der Waals surface area contributed by atoms with Crippen molar-refractivity contribution in [3.05, 3.63) is 35.8 Å². The summed E-state index contributed by atoms with van der Waals surface area (Å²) in [5, 5.41) is 0. The average Bonchev–Trinajstić information content (AvgIpc) is 2.65. The van der Waals surface area contributed by atoms with Gasteiger partial charge >= 0.3 is 0 Å². The Morgan fingerprint density at radius 1 is 1.11 bits per heavy atom. The fraction of sp³-hybridized carbons (Fsp3) is 0.533. The third-order valence-electron chi connectivity index (χ3n) is 3.85. The lowest BCUT2D eigenvalue weighted by Crippen LogP contribution is -2.28. The molecule has 2 aromatic heterocycles. The van der Waals surface area contributed by atoms with Gasteiger partial charge in [0.2, 0.25) is 0 Å². The molecule has 0 unspecified atom stereocenters. The molecule has 1 fully saturated rings. The van der Waals surface area contributed by atoms with Crippen LogP contribution in [-0.4, -0.2) is 52.4 Å². The molecule has 0 aromatic carbocycles. The zero-order chi connectivity index (χ0) is 13.2.